The van der Waals surface area contributed by atoms with Gasteiger partial charge in [-0.1, -0.05) is 86.5 Å². The summed E-state index contributed by atoms with van der Waals surface area (Å²) in [6, 6.07) is -1.20. The van der Waals surface area contributed by atoms with E-state index in [1.807, 2.05) is 18.7 Å². The van der Waals surface area contributed by atoms with Crippen LogP contribution < -0.4 is 10.6 Å². The number of hydrogen-bond acceptors (Lipinski definition) is 6. The number of nitrogens with one attached hydrogen (secondary N) is 2. The Balaban J connectivity index is 1.95. The second-order valence-corrected chi connectivity index (χ2v) is 14.8. The van der Waals surface area contributed by atoms with Crippen molar-refractivity contribution in [1.82, 2.24) is 15.5 Å². The molecular weight excluding hydrogens is 534 g/mol. The number of rotatable bonds is 14. The van der Waals surface area contributed by atoms with Crippen LogP contribution in [0.2, 0.25) is 0 Å². The van der Waals surface area contributed by atoms with E-state index in [4.69, 9.17) is 14.2 Å². The normalized spacial score (nSPS) is 24.4. The zero-order valence-electron chi connectivity index (χ0n) is 28.1. The Morgan fingerprint density at radius 2 is 1.60 bits per heavy atom. The number of urea groups is 1. The predicted molar refractivity (Wildman–Crippen MR) is 166 cm³/mol. The molecular formula is C33H61N3O6. The van der Waals surface area contributed by atoms with Crippen molar-refractivity contribution in [3.05, 3.63) is 0 Å². The van der Waals surface area contributed by atoms with Gasteiger partial charge in [-0.3, -0.25) is 4.79 Å². The maximum Gasteiger partial charge on any atom is 0.328 e. The molecule has 42 heavy (non-hydrogen) atoms. The molecule has 1 saturated heterocycles. The smallest absolute Gasteiger partial charge is 0.328 e. The number of amides is 3. The van der Waals surface area contributed by atoms with Crippen molar-refractivity contribution in [2.45, 2.75) is 163 Å². The molecule has 4 atom stereocenters. The summed E-state index contributed by atoms with van der Waals surface area (Å²) >= 11 is 0. The van der Waals surface area contributed by atoms with E-state index in [0.717, 1.165) is 38.6 Å². The summed E-state index contributed by atoms with van der Waals surface area (Å²) in [6.45, 7) is 19.4. The van der Waals surface area contributed by atoms with E-state index >= 15 is 0 Å². The first kappa shape index (κ1) is 36.3. The Morgan fingerprint density at radius 3 is 2.24 bits per heavy atom. The zero-order chi connectivity index (χ0) is 31.6. The van der Waals surface area contributed by atoms with Crippen molar-refractivity contribution in [1.29, 1.82) is 0 Å². The van der Waals surface area contributed by atoms with Crippen molar-refractivity contribution in [3.8, 4) is 0 Å². The molecule has 2 N–H and O–H groups in total. The van der Waals surface area contributed by atoms with Gasteiger partial charge in [-0.2, -0.15) is 0 Å². The fraction of sp³-hybridized carbons (Fsp3) is 0.909. The summed E-state index contributed by atoms with van der Waals surface area (Å²) in [5.74, 6) is -1.75. The van der Waals surface area contributed by atoms with Crippen LogP contribution in [0.1, 0.15) is 133 Å². The molecule has 2 aliphatic rings. The highest BCUT2D eigenvalue weighted by atomic mass is 16.7. The molecule has 0 bridgehead atoms. The number of nitrogens with zero attached hydrogens (tertiary/aromatic N) is 1. The summed E-state index contributed by atoms with van der Waals surface area (Å²) in [4.78, 5) is 41.7. The molecule has 0 aromatic rings. The lowest BCUT2D eigenvalue weighted by Crippen LogP contribution is -2.58. The molecule has 3 amide bonds. The summed E-state index contributed by atoms with van der Waals surface area (Å²) in [5, 5.41) is 5.99. The monoisotopic (exact) mass is 595 g/mol. The molecule has 9 nitrogen and oxygen atoms in total. The fourth-order valence-electron chi connectivity index (χ4n) is 5.66. The van der Waals surface area contributed by atoms with Crippen LogP contribution in [0.5, 0.6) is 0 Å². The van der Waals surface area contributed by atoms with E-state index in [9.17, 15) is 14.4 Å². The highest BCUT2D eigenvalue weighted by molar-refractivity contribution is 5.87. The van der Waals surface area contributed by atoms with Gasteiger partial charge in [0.2, 0.25) is 0 Å². The van der Waals surface area contributed by atoms with Crippen molar-refractivity contribution >= 4 is 17.9 Å². The number of hydrogen-bond donors (Lipinski definition) is 2. The largest absolute Gasteiger partial charge is 0.459 e. The summed E-state index contributed by atoms with van der Waals surface area (Å²) in [7, 11) is 0. The van der Waals surface area contributed by atoms with Gasteiger partial charge >= 0.3 is 12.0 Å². The van der Waals surface area contributed by atoms with E-state index in [0.29, 0.717) is 19.6 Å². The Kier molecular flexibility index (Phi) is 14.1. The van der Waals surface area contributed by atoms with Crippen molar-refractivity contribution in [2.24, 2.45) is 10.8 Å². The van der Waals surface area contributed by atoms with E-state index in [1.54, 1.807) is 20.8 Å². The Hall–Kier alpha value is -1.87. The highest BCUT2D eigenvalue weighted by Crippen LogP contribution is 2.35. The zero-order valence-corrected chi connectivity index (χ0v) is 28.1. The first-order valence-electron chi connectivity index (χ1n) is 16.4. The molecule has 2 rings (SSSR count). The Bertz CT molecular complexity index is 868. The maximum absolute atomic E-state index is 13.5. The number of carbonyl (C=O) groups is 3. The lowest BCUT2D eigenvalue weighted by molar-refractivity contribution is -0.304. The topological polar surface area (TPSA) is 106 Å². The molecule has 0 aromatic carbocycles. The third-order valence-corrected chi connectivity index (χ3v) is 8.12. The van der Waals surface area contributed by atoms with Crippen LogP contribution in [0.4, 0.5) is 4.79 Å². The molecule has 1 saturated carbocycles. The minimum atomic E-state index is -0.885. The van der Waals surface area contributed by atoms with Crippen LogP contribution in [-0.2, 0) is 23.8 Å². The average Bonchev–Trinajstić information content (AvgIpc) is 2.89. The standard InChI is InChI=1S/C33H61N3O6/c1-10-11-12-13-14-15-18-21-36(22-31(3,4)5)30(39)35-25-19-16-17-20-26(25)41-29(38)24(2)34-28(37)27-32(6,7)23-40-33(8,9)42-27/h24-27H,10-23H2,1-9H3,(H,34,37)(H,35,39)/t24-,25?,26?,27?/m0/s1. The molecule has 0 radical (unpaired) electrons. The maximum atomic E-state index is 13.5. The first-order valence-corrected chi connectivity index (χ1v) is 16.4. The number of esters is 1. The van der Waals surface area contributed by atoms with Crippen LogP contribution in [0, 0.1) is 10.8 Å². The molecule has 0 aromatic heterocycles. The van der Waals surface area contributed by atoms with E-state index in [2.05, 4.69) is 38.3 Å². The van der Waals surface area contributed by atoms with Crippen LogP contribution in [0.25, 0.3) is 0 Å². The van der Waals surface area contributed by atoms with Crippen molar-refractivity contribution in [2.75, 3.05) is 19.7 Å². The first-order chi connectivity index (χ1) is 19.5. The minimum absolute atomic E-state index is 0.0253. The van der Waals surface area contributed by atoms with Gasteiger partial charge in [0.25, 0.3) is 5.91 Å². The SMILES string of the molecule is CCCCCCCCCN(CC(C)(C)C)C(=O)NC1CCCCC1OC(=O)[C@H](C)NC(=O)C1OC(C)(C)OCC1(C)C. The van der Waals surface area contributed by atoms with Gasteiger partial charge in [0.05, 0.1) is 12.6 Å². The van der Waals surface area contributed by atoms with Crippen molar-refractivity contribution in [3.63, 3.8) is 0 Å². The molecule has 1 aliphatic heterocycles. The van der Waals surface area contributed by atoms with E-state index < -0.39 is 35.4 Å². The summed E-state index contributed by atoms with van der Waals surface area (Å²) in [6.07, 6.45) is 10.5. The van der Waals surface area contributed by atoms with Gasteiger partial charge in [0.1, 0.15) is 18.2 Å². The third-order valence-electron chi connectivity index (χ3n) is 8.12. The van der Waals surface area contributed by atoms with Gasteiger partial charge in [0.15, 0.2) is 5.79 Å². The Labute approximate surface area is 255 Å². The molecule has 0 spiro atoms. The highest BCUT2D eigenvalue weighted by Gasteiger charge is 2.46. The molecule has 9 heteroatoms. The predicted octanol–water partition coefficient (Wildman–Crippen LogP) is 6.33. The molecule has 1 heterocycles. The van der Waals surface area contributed by atoms with Crippen LogP contribution in [-0.4, -0.2) is 72.6 Å². The molecule has 244 valence electrons. The average molecular weight is 596 g/mol. The number of ether oxygens (including phenoxy) is 3. The van der Waals surface area contributed by atoms with E-state index in [-0.39, 0.29) is 23.4 Å². The fourth-order valence-corrected chi connectivity index (χ4v) is 5.66. The van der Waals surface area contributed by atoms with Gasteiger partial charge in [-0.15, -0.1) is 0 Å². The third kappa shape index (κ3) is 12.4. The number of carbonyl (C=O) groups excluding carboxylic acids is 3. The van der Waals surface area contributed by atoms with Gasteiger partial charge < -0.3 is 29.7 Å². The van der Waals surface area contributed by atoms with Crippen LogP contribution >= 0.6 is 0 Å². The number of unbranched alkanes of at least 4 members (excludes halogenated alkanes) is 6. The van der Waals surface area contributed by atoms with Gasteiger partial charge in [-0.25, -0.2) is 9.59 Å². The molecule has 2 fully saturated rings. The summed E-state index contributed by atoms with van der Waals surface area (Å²) < 4.78 is 17.6. The summed E-state index contributed by atoms with van der Waals surface area (Å²) in [5.41, 5.74) is -0.571. The van der Waals surface area contributed by atoms with Gasteiger partial charge in [0, 0.05) is 18.5 Å². The second kappa shape index (κ2) is 16.3. The second-order valence-electron chi connectivity index (χ2n) is 14.8. The van der Waals surface area contributed by atoms with E-state index in [1.165, 1.54) is 32.1 Å². The quantitative estimate of drug-likeness (QED) is 0.180. The van der Waals surface area contributed by atoms with Gasteiger partial charge in [-0.05, 0) is 51.9 Å². The molecule has 1 aliphatic carbocycles. The molecule has 3 unspecified atom stereocenters. The lowest BCUT2D eigenvalue weighted by Gasteiger charge is -2.45. The van der Waals surface area contributed by atoms with Crippen LogP contribution in [0.15, 0.2) is 0 Å². The lowest BCUT2D eigenvalue weighted by atomic mass is 9.85. The van der Waals surface area contributed by atoms with Crippen molar-refractivity contribution < 1.29 is 28.6 Å². The minimum Gasteiger partial charge on any atom is -0.459 e. The van der Waals surface area contributed by atoms with Crippen LogP contribution in [0.3, 0.4) is 0 Å². The Morgan fingerprint density at radius 1 is 0.976 bits per heavy atom.